The first-order valence-corrected chi connectivity index (χ1v) is 10.00. The Balaban J connectivity index is 1.72. The lowest BCUT2D eigenvalue weighted by Crippen LogP contribution is -2.62. The number of benzene rings is 2. The Bertz CT molecular complexity index is 810. The van der Waals surface area contributed by atoms with E-state index in [2.05, 4.69) is 29.4 Å². The smallest absolute Gasteiger partial charge is 0.255 e. The number of nitrogens with two attached hydrogens (primary N) is 1. The van der Waals surface area contributed by atoms with Crippen molar-refractivity contribution in [1.82, 2.24) is 10.2 Å². The zero-order valence-electron chi connectivity index (χ0n) is 15.6. The molecule has 27 heavy (non-hydrogen) atoms. The molecule has 5 rings (SSSR count). The maximum Gasteiger partial charge on any atom is 0.255 e. The highest BCUT2D eigenvalue weighted by molar-refractivity contribution is 6.34. The summed E-state index contributed by atoms with van der Waals surface area (Å²) in [6, 6.07) is 15.4. The van der Waals surface area contributed by atoms with Crippen molar-refractivity contribution in [3.63, 3.8) is 0 Å². The second kappa shape index (κ2) is 7.17. The van der Waals surface area contributed by atoms with Crippen molar-refractivity contribution in [2.45, 2.75) is 37.3 Å². The number of hydrogen-bond acceptors (Lipinski definition) is 3. The van der Waals surface area contributed by atoms with Gasteiger partial charge in [-0.15, -0.1) is 0 Å². The fourth-order valence-corrected chi connectivity index (χ4v) is 5.24. The number of amides is 1. The third-order valence-electron chi connectivity index (χ3n) is 6.48. The zero-order chi connectivity index (χ0) is 19.0. The molecule has 2 aromatic carbocycles. The van der Waals surface area contributed by atoms with Gasteiger partial charge in [0, 0.05) is 17.8 Å². The van der Waals surface area contributed by atoms with Gasteiger partial charge in [0.1, 0.15) is 0 Å². The van der Waals surface area contributed by atoms with E-state index in [1.54, 1.807) is 18.2 Å². The van der Waals surface area contributed by atoms with Crippen LogP contribution in [0.3, 0.4) is 0 Å². The Kier molecular flexibility index (Phi) is 4.87. The van der Waals surface area contributed by atoms with E-state index in [4.69, 9.17) is 17.3 Å². The summed E-state index contributed by atoms with van der Waals surface area (Å²) in [6.45, 7) is 1.09. The molecule has 3 fully saturated rings. The largest absolute Gasteiger partial charge is 0.398 e. The summed E-state index contributed by atoms with van der Waals surface area (Å²) in [5.74, 6) is 0.575. The normalized spacial score (nSPS) is 25.9. The fraction of sp³-hybridized carbons (Fsp3) is 0.409. The van der Waals surface area contributed by atoms with Crippen LogP contribution >= 0.6 is 11.6 Å². The van der Waals surface area contributed by atoms with Gasteiger partial charge in [0.05, 0.1) is 16.6 Å². The van der Waals surface area contributed by atoms with Crippen LogP contribution in [0.15, 0.2) is 48.5 Å². The van der Waals surface area contributed by atoms with Crippen LogP contribution < -0.4 is 11.1 Å². The number of nitrogen functional groups attached to an aromatic ring is 1. The van der Waals surface area contributed by atoms with Crippen LogP contribution in [0.4, 0.5) is 5.69 Å². The van der Waals surface area contributed by atoms with E-state index in [0.29, 0.717) is 16.3 Å². The van der Waals surface area contributed by atoms with Crippen molar-refractivity contribution in [1.29, 1.82) is 0 Å². The van der Waals surface area contributed by atoms with E-state index in [1.165, 1.54) is 12.8 Å². The summed E-state index contributed by atoms with van der Waals surface area (Å²) < 4.78 is 0. The van der Waals surface area contributed by atoms with Crippen LogP contribution in [-0.2, 0) is 0 Å². The second-order valence-corrected chi connectivity index (χ2v) is 8.36. The molecule has 2 aromatic rings. The Hall–Kier alpha value is -2.04. The summed E-state index contributed by atoms with van der Waals surface area (Å²) in [5.41, 5.74) is 7.89. The number of nitrogens with zero attached hydrogens (tertiary/aromatic N) is 1. The van der Waals surface area contributed by atoms with Crippen LogP contribution in [0.5, 0.6) is 0 Å². The van der Waals surface area contributed by atoms with Crippen molar-refractivity contribution in [2.75, 3.05) is 19.3 Å². The van der Waals surface area contributed by atoms with Crippen molar-refractivity contribution < 1.29 is 4.79 Å². The lowest BCUT2D eigenvalue weighted by Gasteiger charge is -2.57. The molecule has 2 aliphatic heterocycles. The maximum atomic E-state index is 13.2. The minimum atomic E-state index is -0.206. The van der Waals surface area contributed by atoms with Crippen LogP contribution in [0, 0.1) is 5.92 Å². The number of carbonyl (C=O) groups is 1. The highest BCUT2D eigenvalue weighted by atomic mass is 35.5. The molecule has 0 radical (unpaired) electrons. The van der Waals surface area contributed by atoms with Crippen molar-refractivity contribution in [2.24, 2.45) is 5.92 Å². The molecule has 0 aromatic heterocycles. The molecule has 3 aliphatic rings. The summed E-state index contributed by atoms with van der Waals surface area (Å²) in [7, 11) is 2.19. The molecule has 2 saturated heterocycles. The lowest BCUT2D eigenvalue weighted by molar-refractivity contribution is -0.0404. The molecule has 3 N–H and O–H groups in total. The van der Waals surface area contributed by atoms with E-state index in [9.17, 15) is 4.79 Å². The average molecular weight is 384 g/mol. The monoisotopic (exact) mass is 383 g/mol. The number of rotatable bonds is 4. The van der Waals surface area contributed by atoms with Crippen molar-refractivity contribution in [3.05, 3.63) is 64.7 Å². The van der Waals surface area contributed by atoms with Crippen LogP contribution in [0.2, 0.25) is 5.02 Å². The zero-order valence-corrected chi connectivity index (χ0v) is 16.4. The summed E-state index contributed by atoms with van der Waals surface area (Å²) in [5, 5.41) is 3.69. The first kappa shape index (κ1) is 18.3. The first-order chi connectivity index (χ1) is 13.0. The minimum Gasteiger partial charge on any atom is -0.398 e. The van der Waals surface area contributed by atoms with Gasteiger partial charge in [0.15, 0.2) is 0 Å². The average Bonchev–Trinajstić information content (AvgIpc) is 2.67. The topological polar surface area (TPSA) is 58.4 Å². The van der Waals surface area contributed by atoms with E-state index < -0.39 is 0 Å². The standard InChI is InChI=1S/C22H26ClN3O/c1-26-14-15-10-12-22(26,13-11-15)20(16-6-3-2-4-7-16)25-21(27)19-17(23)8-5-9-18(19)24/h2-9,15,20H,10-14,24H2,1H3,(H,25,27). The van der Waals surface area contributed by atoms with E-state index >= 15 is 0 Å². The lowest BCUT2D eigenvalue weighted by atomic mass is 9.66. The number of hydrogen-bond donors (Lipinski definition) is 2. The number of fused-ring (bicyclic) bond motifs is 3. The van der Waals surface area contributed by atoms with Crippen molar-refractivity contribution in [3.8, 4) is 0 Å². The van der Waals surface area contributed by atoms with Gasteiger partial charge in [-0.1, -0.05) is 48.0 Å². The summed E-state index contributed by atoms with van der Waals surface area (Å²) in [4.78, 5) is 15.7. The molecule has 0 spiro atoms. The first-order valence-electron chi connectivity index (χ1n) is 9.62. The summed E-state index contributed by atoms with van der Waals surface area (Å²) in [6.07, 6.45) is 4.62. The Morgan fingerprint density at radius 3 is 2.52 bits per heavy atom. The van der Waals surface area contributed by atoms with Gasteiger partial charge in [-0.3, -0.25) is 9.69 Å². The summed E-state index contributed by atoms with van der Waals surface area (Å²) >= 11 is 6.29. The molecule has 1 atom stereocenters. The third kappa shape index (κ3) is 3.21. The van der Waals surface area contributed by atoms with Crippen LogP contribution in [-0.4, -0.2) is 29.9 Å². The molecule has 5 heteroatoms. The number of nitrogens with one attached hydrogen (secondary N) is 1. The number of halogens is 1. The van der Waals surface area contributed by atoms with Crippen LogP contribution in [0.25, 0.3) is 0 Å². The van der Waals surface area contributed by atoms with Gasteiger partial charge in [-0.25, -0.2) is 0 Å². The van der Waals surface area contributed by atoms with E-state index in [1.807, 2.05) is 18.2 Å². The van der Waals surface area contributed by atoms with Gasteiger partial charge < -0.3 is 11.1 Å². The van der Waals surface area contributed by atoms with Crippen molar-refractivity contribution >= 4 is 23.2 Å². The predicted molar refractivity (Wildman–Crippen MR) is 110 cm³/mol. The number of carbonyl (C=O) groups excluding carboxylic acids is 1. The Morgan fingerprint density at radius 1 is 1.19 bits per heavy atom. The highest BCUT2D eigenvalue weighted by Gasteiger charge is 2.50. The van der Waals surface area contributed by atoms with E-state index in [-0.39, 0.29) is 17.5 Å². The van der Waals surface area contributed by atoms with Crippen LogP contribution in [0.1, 0.15) is 47.6 Å². The van der Waals surface area contributed by atoms with Gasteiger partial charge >= 0.3 is 0 Å². The molecule has 1 saturated carbocycles. The van der Waals surface area contributed by atoms with Gasteiger partial charge in [0.25, 0.3) is 5.91 Å². The molecule has 4 nitrogen and oxygen atoms in total. The third-order valence-corrected chi connectivity index (χ3v) is 6.80. The molecular weight excluding hydrogens is 358 g/mol. The molecule has 2 bridgehead atoms. The van der Waals surface area contributed by atoms with Gasteiger partial charge in [-0.2, -0.15) is 0 Å². The van der Waals surface area contributed by atoms with Gasteiger partial charge in [-0.05, 0) is 56.3 Å². The van der Waals surface area contributed by atoms with Gasteiger partial charge in [0.2, 0.25) is 0 Å². The maximum absolute atomic E-state index is 13.2. The molecule has 142 valence electrons. The molecule has 1 aliphatic carbocycles. The molecule has 1 amide bonds. The highest BCUT2D eigenvalue weighted by Crippen LogP contribution is 2.49. The van der Waals surface area contributed by atoms with E-state index in [0.717, 1.165) is 30.9 Å². The molecule has 1 unspecified atom stereocenters. The number of piperidine rings is 2. The Morgan fingerprint density at radius 2 is 1.89 bits per heavy atom. The number of likely N-dealkylation sites (N-methyl/N-ethyl adjacent to an activating group) is 1. The minimum absolute atomic E-state index is 0.0677. The predicted octanol–water partition coefficient (Wildman–Crippen LogP) is 4.27. The SMILES string of the molecule is CN1CC2CCC1(C(NC(=O)c1c(N)cccc1Cl)c1ccccc1)CC2. The second-order valence-electron chi connectivity index (χ2n) is 7.95. The fourth-order valence-electron chi connectivity index (χ4n) is 4.98. The Labute approximate surface area is 165 Å². The molecule has 2 heterocycles. The number of anilines is 1. The quantitative estimate of drug-likeness (QED) is 0.775. The molecular formula is C22H26ClN3O.